The molecule has 1 rings (SSSR count). The van der Waals surface area contributed by atoms with Crippen LogP contribution < -0.4 is 0 Å². The van der Waals surface area contributed by atoms with Crippen molar-refractivity contribution in [2.45, 2.75) is 6.18 Å². The first-order chi connectivity index (χ1) is 8.77. The van der Waals surface area contributed by atoms with Crippen molar-refractivity contribution >= 4 is 12.1 Å². The van der Waals surface area contributed by atoms with Crippen molar-refractivity contribution in [2.75, 3.05) is 14.2 Å². The molecule has 19 heavy (non-hydrogen) atoms. The number of methoxy groups -OCH3 is 1. The van der Waals surface area contributed by atoms with E-state index in [1.807, 2.05) is 0 Å². The van der Waals surface area contributed by atoms with E-state index in [9.17, 15) is 22.8 Å². The summed E-state index contributed by atoms with van der Waals surface area (Å²) in [6, 6.07) is 0.652. The van der Waals surface area contributed by atoms with E-state index in [2.05, 4.69) is 14.6 Å². The van der Waals surface area contributed by atoms with Crippen LogP contribution in [0.4, 0.5) is 18.0 Å². The number of pyridine rings is 1. The highest BCUT2D eigenvalue weighted by atomic mass is 19.4. The van der Waals surface area contributed by atoms with Crippen molar-refractivity contribution in [2.24, 2.45) is 0 Å². The van der Waals surface area contributed by atoms with Gasteiger partial charge in [0, 0.05) is 19.4 Å². The maximum Gasteiger partial charge on any atom is 0.533 e. The van der Waals surface area contributed by atoms with Gasteiger partial charge in [-0.05, 0) is 6.07 Å². The first-order valence-electron chi connectivity index (χ1n) is 4.82. The molecule has 1 aromatic rings. The molecule has 0 atom stereocenters. The highest BCUT2D eigenvalue weighted by Gasteiger charge is 2.36. The van der Waals surface area contributed by atoms with Crippen molar-refractivity contribution in [3.8, 4) is 0 Å². The zero-order chi connectivity index (χ0) is 14.6. The zero-order valence-corrected chi connectivity index (χ0v) is 9.89. The van der Waals surface area contributed by atoms with Crippen LogP contribution in [-0.4, -0.2) is 36.3 Å². The largest absolute Gasteiger partial charge is 0.533 e. The molecule has 1 amide bonds. The maximum atomic E-state index is 12.7. The van der Waals surface area contributed by atoms with E-state index in [0.29, 0.717) is 11.1 Å². The van der Waals surface area contributed by atoms with E-state index in [-0.39, 0.29) is 0 Å². The second-order valence-electron chi connectivity index (χ2n) is 3.27. The number of hydrogen-bond donors (Lipinski definition) is 0. The number of halogens is 3. The van der Waals surface area contributed by atoms with Crippen LogP contribution in [0.3, 0.4) is 0 Å². The number of amides is 1. The van der Waals surface area contributed by atoms with Gasteiger partial charge in [0.25, 0.3) is 5.91 Å². The number of carbonyl (C=O) groups is 2. The van der Waals surface area contributed by atoms with E-state index in [0.717, 1.165) is 26.6 Å². The van der Waals surface area contributed by atoms with Gasteiger partial charge in [-0.1, -0.05) is 0 Å². The molecule has 0 N–H and O–H groups in total. The molecule has 104 valence electrons. The molecule has 6 nitrogen and oxygen atoms in total. The monoisotopic (exact) mass is 278 g/mol. The second-order valence-corrected chi connectivity index (χ2v) is 3.27. The van der Waals surface area contributed by atoms with Crippen molar-refractivity contribution in [3.63, 3.8) is 0 Å². The highest BCUT2D eigenvalue weighted by Crippen LogP contribution is 2.31. The van der Waals surface area contributed by atoms with E-state index in [4.69, 9.17) is 0 Å². The number of nitrogens with zero attached hydrogens (tertiary/aromatic N) is 2. The van der Waals surface area contributed by atoms with Gasteiger partial charge in [-0.2, -0.15) is 18.2 Å². The summed E-state index contributed by atoms with van der Waals surface area (Å²) in [5, 5.41) is 0.331. The number of rotatable bonds is 1. The summed E-state index contributed by atoms with van der Waals surface area (Å²) in [6.07, 6.45) is -4.31. The lowest BCUT2D eigenvalue weighted by Crippen LogP contribution is -2.31. The Morgan fingerprint density at radius 1 is 1.37 bits per heavy atom. The Balaban J connectivity index is 3.03. The Kier molecular flexibility index (Phi) is 4.30. The molecule has 0 aliphatic rings. The molecule has 1 heterocycles. The van der Waals surface area contributed by atoms with Gasteiger partial charge < -0.3 is 9.57 Å². The third kappa shape index (κ3) is 3.57. The van der Waals surface area contributed by atoms with E-state index in [1.165, 1.54) is 0 Å². The smallest absolute Gasteiger partial charge is 0.436 e. The lowest BCUT2D eigenvalue weighted by molar-refractivity contribution is -0.138. The molecular weight excluding hydrogens is 269 g/mol. The molecule has 0 aromatic carbocycles. The fraction of sp³-hybridized carbons (Fsp3) is 0.300. The second kappa shape index (κ2) is 5.55. The molecule has 1 aromatic heterocycles. The fourth-order valence-electron chi connectivity index (χ4n) is 1.17. The van der Waals surface area contributed by atoms with Gasteiger partial charge in [0.1, 0.15) is 0 Å². The molecule has 0 saturated carbocycles. The Morgan fingerprint density at radius 3 is 2.53 bits per heavy atom. The van der Waals surface area contributed by atoms with Gasteiger partial charge in [0.15, 0.2) is 0 Å². The van der Waals surface area contributed by atoms with Crippen LogP contribution in [-0.2, 0) is 15.8 Å². The minimum absolute atomic E-state index is 0.331. The van der Waals surface area contributed by atoms with Crippen molar-refractivity contribution in [3.05, 3.63) is 29.6 Å². The maximum absolute atomic E-state index is 12.7. The first-order valence-corrected chi connectivity index (χ1v) is 4.82. The standard InChI is InChI=1S/C10H9F3N2O4/c1-15(19-9(17)18-2)8(16)6-5-14-4-3-7(6)10(11,12)13/h3-5H,1-2H3. The molecule has 0 aliphatic heterocycles. The topological polar surface area (TPSA) is 68.7 Å². The summed E-state index contributed by atoms with van der Waals surface area (Å²) in [4.78, 5) is 30.2. The summed E-state index contributed by atoms with van der Waals surface area (Å²) in [5.74, 6) is -1.18. The van der Waals surface area contributed by atoms with Crippen LogP contribution in [0.15, 0.2) is 18.5 Å². The SMILES string of the molecule is COC(=O)ON(C)C(=O)c1cnccc1C(F)(F)F. The number of alkyl halides is 3. The number of carbonyl (C=O) groups excluding carboxylic acids is 2. The van der Waals surface area contributed by atoms with Crippen LogP contribution in [0.5, 0.6) is 0 Å². The van der Waals surface area contributed by atoms with Gasteiger partial charge >= 0.3 is 12.3 Å². The fourth-order valence-corrected chi connectivity index (χ4v) is 1.17. The zero-order valence-electron chi connectivity index (χ0n) is 9.89. The lowest BCUT2D eigenvalue weighted by Gasteiger charge is -2.17. The Bertz CT molecular complexity index is 490. The number of ether oxygens (including phenoxy) is 1. The lowest BCUT2D eigenvalue weighted by atomic mass is 10.1. The molecule has 0 radical (unpaired) electrons. The van der Waals surface area contributed by atoms with Crippen LogP contribution in [0, 0.1) is 0 Å². The Hall–Kier alpha value is -2.32. The van der Waals surface area contributed by atoms with Gasteiger partial charge in [-0.3, -0.25) is 9.78 Å². The molecule has 0 bridgehead atoms. The van der Waals surface area contributed by atoms with Gasteiger partial charge in [0.2, 0.25) is 0 Å². The average Bonchev–Trinajstić information content (AvgIpc) is 2.36. The normalized spacial score (nSPS) is 10.8. The molecular formula is C10H9F3N2O4. The molecule has 0 saturated heterocycles. The number of hydrogen-bond acceptors (Lipinski definition) is 5. The molecule has 9 heteroatoms. The summed E-state index contributed by atoms with van der Waals surface area (Å²) in [7, 11) is 1.97. The number of aromatic nitrogens is 1. The highest BCUT2D eigenvalue weighted by molar-refractivity contribution is 5.95. The average molecular weight is 278 g/mol. The minimum atomic E-state index is -4.72. The van der Waals surface area contributed by atoms with E-state index >= 15 is 0 Å². The molecule has 0 aliphatic carbocycles. The third-order valence-electron chi connectivity index (χ3n) is 2.02. The van der Waals surface area contributed by atoms with Crippen LogP contribution in [0.1, 0.15) is 15.9 Å². The van der Waals surface area contributed by atoms with E-state index < -0.39 is 29.4 Å². The predicted octanol–water partition coefficient (Wildman–Crippen LogP) is 1.87. The van der Waals surface area contributed by atoms with Crippen molar-refractivity contribution < 1.29 is 32.3 Å². The summed E-state index contributed by atoms with van der Waals surface area (Å²) in [6.45, 7) is 0. The predicted molar refractivity (Wildman–Crippen MR) is 54.8 cm³/mol. The third-order valence-corrected chi connectivity index (χ3v) is 2.02. The van der Waals surface area contributed by atoms with Crippen LogP contribution in [0.25, 0.3) is 0 Å². The van der Waals surface area contributed by atoms with Gasteiger partial charge in [-0.25, -0.2) is 4.79 Å². The van der Waals surface area contributed by atoms with Crippen LogP contribution in [0.2, 0.25) is 0 Å². The summed E-state index contributed by atoms with van der Waals surface area (Å²) in [5.41, 5.74) is -1.91. The van der Waals surface area contributed by atoms with Crippen molar-refractivity contribution in [1.82, 2.24) is 10.0 Å². The molecule has 0 fully saturated rings. The van der Waals surface area contributed by atoms with Crippen molar-refractivity contribution in [1.29, 1.82) is 0 Å². The van der Waals surface area contributed by atoms with Gasteiger partial charge in [0.05, 0.1) is 18.2 Å². The summed E-state index contributed by atoms with van der Waals surface area (Å²) < 4.78 is 42.1. The number of hydroxylamine groups is 2. The molecule has 0 spiro atoms. The Morgan fingerprint density at radius 2 is 2.00 bits per heavy atom. The molecule has 0 unspecified atom stereocenters. The summed E-state index contributed by atoms with van der Waals surface area (Å²) >= 11 is 0. The first kappa shape index (κ1) is 14.7. The van der Waals surface area contributed by atoms with E-state index in [1.54, 1.807) is 0 Å². The Labute approximate surface area is 105 Å². The quantitative estimate of drug-likeness (QED) is 0.579. The van der Waals surface area contributed by atoms with Gasteiger partial charge in [-0.15, -0.1) is 0 Å². The van der Waals surface area contributed by atoms with Crippen LogP contribution >= 0.6 is 0 Å². The minimum Gasteiger partial charge on any atom is -0.436 e.